The summed E-state index contributed by atoms with van der Waals surface area (Å²) in [5.74, 6) is -0.554. The van der Waals surface area contributed by atoms with Crippen LogP contribution in [-0.2, 0) is 15.8 Å². The summed E-state index contributed by atoms with van der Waals surface area (Å²) < 4.78 is 38.2. The number of nitrogens with one attached hydrogen (secondary N) is 1. The van der Waals surface area contributed by atoms with Crippen LogP contribution in [0.4, 0.5) is 4.39 Å². The Balaban J connectivity index is 0.00000256. The molecule has 98 valence electrons. The molecule has 1 aromatic carbocycles. The van der Waals surface area contributed by atoms with E-state index in [9.17, 15) is 12.8 Å². The Bertz CT molecular complexity index is 436. The molecule has 0 saturated carbocycles. The Labute approximate surface area is 107 Å². The summed E-state index contributed by atoms with van der Waals surface area (Å²) >= 11 is 0. The Hall–Kier alpha value is -0.690. The van der Waals surface area contributed by atoms with Gasteiger partial charge in [-0.2, -0.15) is 0 Å². The van der Waals surface area contributed by atoms with Gasteiger partial charge in [0.1, 0.15) is 5.82 Å². The average molecular weight is 283 g/mol. The van der Waals surface area contributed by atoms with Gasteiger partial charge >= 0.3 is 0 Å². The highest BCUT2D eigenvalue weighted by Gasteiger charge is 2.14. The van der Waals surface area contributed by atoms with E-state index in [1.165, 1.54) is 24.3 Å². The molecular formula is C10H16ClFN2O2S. The molecule has 17 heavy (non-hydrogen) atoms. The van der Waals surface area contributed by atoms with Crippen molar-refractivity contribution < 1.29 is 12.8 Å². The van der Waals surface area contributed by atoms with Crippen LogP contribution in [0, 0.1) is 5.82 Å². The molecule has 0 amide bonds. The summed E-state index contributed by atoms with van der Waals surface area (Å²) in [6.45, 7) is 1.92. The summed E-state index contributed by atoms with van der Waals surface area (Å²) in [6, 6.07) is 5.06. The van der Waals surface area contributed by atoms with E-state index in [1.807, 2.05) is 0 Å². The van der Waals surface area contributed by atoms with Crippen molar-refractivity contribution in [1.29, 1.82) is 0 Å². The molecule has 1 atom stereocenters. The molecule has 0 spiro atoms. The van der Waals surface area contributed by atoms with E-state index in [0.717, 1.165) is 0 Å². The van der Waals surface area contributed by atoms with Crippen LogP contribution in [0.1, 0.15) is 12.5 Å². The number of halogens is 2. The van der Waals surface area contributed by atoms with Gasteiger partial charge in [0.15, 0.2) is 0 Å². The third kappa shape index (κ3) is 5.97. The third-order valence-corrected chi connectivity index (χ3v) is 3.48. The second kappa shape index (κ2) is 6.90. The lowest BCUT2D eigenvalue weighted by Crippen LogP contribution is -2.38. The fraction of sp³-hybridized carbons (Fsp3) is 0.400. The standard InChI is InChI=1S/C10H15FN2O2S.ClH/c1-8(6-12)13-16(14,15)7-9-2-4-10(11)5-3-9;/h2-5,8,13H,6-7,12H2,1H3;1H/t8-;/m0./s1. The SMILES string of the molecule is C[C@@H](CN)NS(=O)(=O)Cc1ccc(F)cc1.Cl. The van der Waals surface area contributed by atoms with Crippen LogP contribution >= 0.6 is 12.4 Å². The molecule has 0 bridgehead atoms. The van der Waals surface area contributed by atoms with Gasteiger partial charge in [-0.05, 0) is 24.6 Å². The van der Waals surface area contributed by atoms with E-state index in [0.29, 0.717) is 5.56 Å². The van der Waals surface area contributed by atoms with Gasteiger partial charge in [-0.1, -0.05) is 12.1 Å². The first-order chi connectivity index (χ1) is 7.43. The van der Waals surface area contributed by atoms with Crippen LogP contribution in [0.3, 0.4) is 0 Å². The first-order valence-electron chi connectivity index (χ1n) is 4.87. The van der Waals surface area contributed by atoms with Crippen molar-refractivity contribution in [2.45, 2.75) is 18.7 Å². The average Bonchev–Trinajstić information content (AvgIpc) is 2.20. The zero-order valence-electron chi connectivity index (χ0n) is 9.39. The molecule has 0 fully saturated rings. The second-order valence-electron chi connectivity index (χ2n) is 3.64. The minimum atomic E-state index is -3.41. The first kappa shape index (κ1) is 16.3. The van der Waals surface area contributed by atoms with E-state index in [-0.39, 0.29) is 36.6 Å². The lowest BCUT2D eigenvalue weighted by atomic mass is 10.2. The maximum Gasteiger partial charge on any atom is 0.216 e. The smallest absolute Gasteiger partial charge is 0.216 e. The number of nitrogens with two attached hydrogens (primary N) is 1. The third-order valence-electron chi connectivity index (χ3n) is 2.00. The molecule has 0 aliphatic carbocycles. The van der Waals surface area contributed by atoms with Crippen molar-refractivity contribution in [2.24, 2.45) is 5.73 Å². The molecule has 1 rings (SSSR count). The molecule has 0 radical (unpaired) electrons. The van der Waals surface area contributed by atoms with Crippen LogP contribution in [0.5, 0.6) is 0 Å². The lowest BCUT2D eigenvalue weighted by molar-refractivity contribution is 0.561. The van der Waals surface area contributed by atoms with E-state index < -0.39 is 10.0 Å². The predicted molar refractivity (Wildman–Crippen MR) is 67.9 cm³/mol. The minimum absolute atomic E-state index is 0. The van der Waals surface area contributed by atoms with Crippen LogP contribution < -0.4 is 10.5 Å². The highest BCUT2D eigenvalue weighted by atomic mass is 35.5. The Morgan fingerprint density at radius 1 is 1.35 bits per heavy atom. The topological polar surface area (TPSA) is 72.2 Å². The number of rotatable bonds is 5. The largest absolute Gasteiger partial charge is 0.329 e. The molecule has 1 aromatic rings. The highest BCUT2D eigenvalue weighted by Crippen LogP contribution is 2.06. The van der Waals surface area contributed by atoms with Gasteiger partial charge in [-0.15, -0.1) is 12.4 Å². The van der Waals surface area contributed by atoms with E-state index in [4.69, 9.17) is 5.73 Å². The van der Waals surface area contributed by atoms with Gasteiger partial charge in [0.2, 0.25) is 10.0 Å². The molecular weight excluding hydrogens is 267 g/mol. The van der Waals surface area contributed by atoms with Crippen LogP contribution in [0.2, 0.25) is 0 Å². The lowest BCUT2D eigenvalue weighted by Gasteiger charge is -2.11. The van der Waals surface area contributed by atoms with Crippen molar-refractivity contribution in [1.82, 2.24) is 4.72 Å². The van der Waals surface area contributed by atoms with E-state index in [2.05, 4.69) is 4.72 Å². The number of benzene rings is 1. The Morgan fingerprint density at radius 3 is 2.35 bits per heavy atom. The van der Waals surface area contributed by atoms with Crippen LogP contribution in [0.15, 0.2) is 24.3 Å². The Morgan fingerprint density at radius 2 is 1.88 bits per heavy atom. The quantitative estimate of drug-likeness (QED) is 0.847. The summed E-state index contributed by atoms with van der Waals surface area (Å²) in [4.78, 5) is 0. The van der Waals surface area contributed by atoms with Crippen LogP contribution in [0.25, 0.3) is 0 Å². The molecule has 4 nitrogen and oxygen atoms in total. The van der Waals surface area contributed by atoms with E-state index in [1.54, 1.807) is 6.92 Å². The molecule has 7 heteroatoms. The first-order valence-corrected chi connectivity index (χ1v) is 6.52. The van der Waals surface area contributed by atoms with Crippen molar-refractivity contribution in [2.75, 3.05) is 6.54 Å². The molecule has 0 aliphatic rings. The minimum Gasteiger partial charge on any atom is -0.329 e. The number of hydrogen-bond acceptors (Lipinski definition) is 3. The van der Waals surface area contributed by atoms with E-state index >= 15 is 0 Å². The van der Waals surface area contributed by atoms with Crippen molar-refractivity contribution in [3.63, 3.8) is 0 Å². The van der Waals surface area contributed by atoms with Gasteiger partial charge in [0.05, 0.1) is 5.75 Å². The number of hydrogen-bond donors (Lipinski definition) is 2. The molecule has 3 N–H and O–H groups in total. The monoisotopic (exact) mass is 282 g/mol. The van der Waals surface area contributed by atoms with Gasteiger partial charge in [0, 0.05) is 12.6 Å². The predicted octanol–water partition coefficient (Wildman–Crippen LogP) is 1.01. The fourth-order valence-electron chi connectivity index (χ4n) is 1.20. The second-order valence-corrected chi connectivity index (χ2v) is 5.39. The van der Waals surface area contributed by atoms with Gasteiger partial charge in [-0.3, -0.25) is 0 Å². The summed E-state index contributed by atoms with van der Waals surface area (Å²) in [6.07, 6.45) is 0. The molecule has 0 heterocycles. The van der Waals surface area contributed by atoms with Gasteiger partial charge < -0.3 is 5.73 Å². The van der Waals surface area contributed by atoms with Crippen LogP contribution in [-0.4, -0.2) is 21.0 Å². The maximum atomic E-state index is 12.6. The van der Waals surface area contributed by atoms with Gasteiger partial charge in [0.25, 0.3) is 0 Å². The Kier molecular flexibility index (Phi) is 6.62. The normalized spacial score (nSPS) is 12.9. The summed E-state index contributed by atoms with van der Waals surface area (Å²) in [5, 5.41) is 0. The molecule has 0 saturated heterocycles. The van der Waals surface area contributed by atoms with Crippen molar-refractivity contribution in [3.8, 4) is 0 Å². The zero-order valence-corrected chi connectivity index (χ0v) is 11.0. The van der Waals surface area contributed by atoms with Crippen molar-refractivity contribution >= 4 is 22.4 Å². The number of sulfonamides is 1. The summed E-state index contributed by atoms with van der Waals surface area (Å²) in [7, 11) is -3.41. The summed E-state index contributed by atoms with van der Waals surface area (Å²) in [5.41, 5.74) is 5.86. The fourth-order valence-corrected chi connectivity index (χ4v) is 2.62. The maximum absolute atomic E-state index is 12.6. The van der Waals surface area contributed by atoms with Gasteiger partial charge in [-0.25, -0.2) is 17.5 Å². The molecule has 0 aliphatic heterocycles. The zero-order chi connectivity index (χ0) is 12.2. The highest BCUT2D eigenvalue weighted by molar-refractivity contribution is 7.88. The molecule has 0 unspecified atom stereocenters. The van der Waals surface area contributed by atoms with Crippen molar-refractivity contribution in [3.05, 3.63) is 35.6 Å². The molecule has 0 aromatic heterocycles.